The van der Waals surface area contributed by atoms with Crippen molar-refractivity contribution in [3.05, 3.63) is 88.2 Å². The minimum atomic E-state index is -0.747. The summed E-state index contributed by atoms with van der Waals surface area (Å²) in [5, 5.41) is 3.78. The second-order valence-electron chi connectivity index (χ2n) is 7.91. The van der Waals surface area contributed by atoms with Gasteiger partial charge in [0, 0.05) is 35.7 Å². The van der Waals surface area contributed by atoms with Gasteiger partial charge in [0.1, 0.15) is 6.61 Å². The molecule has 3 rings (SSSR count). The summed E-state index contributed by atoms with van der Waals surface area (Å²) >= 11 is 6.54. The van der Waals surface area contributed by atoms with Crippen LogP contribution in [0.25, 0.3) is 11.1 Å². The summed E-state index contributed by atoms with van der Waals surface area (Å²) < 4.78 is 26.1. The smallest absolute Gasteiger partial charge is 0.249 e. The first-order chi connectivity index (χ1) is 16.5. The molecule has 0 spiro atoms. The Kier molecular flexibility index (Phi) is 9.45. The number of nitrogens with one attached hydrogen (secondary N) is 1. The number of halogens is 2. The van der Waals surface area contributed by atoms with Gasteiger partial charge in [0.15, 0.2) is 11.6 Å². The molecule has 34 heavy (non-hydrogen) atoms. The molecule has 0 bridgehead atoms. The van der Waals surface area contributed by atoms with Gasteiger partial charge in [-0.2, -0.15) is 0 Å². The Morgan fingerprint density at radius 1 is 1.09 bits per heavy atom. The molecule has 0 saturated carbocycles. The summed E-state index contributed by atoms with van der Waals surface area (Å²) in [5.41, 5.74) is 8.11. The van der Waals surface area contributed by atoms with E-state index in [0.717, 1.165) is 24.1 Å². The van der Waals surface area contributed by atoms with Crippen LogP contribution in [0.2, 0.25) is 5.02 Å². The van der Waals surface area contributed by atoms with Crippen molar-refractivity contribution in [1.29, 1.82) is 0 Å². The van der Waals surface area contributed by atoms with Crippen molar-refractivity contribution >= 4 is 17.5 Å². The van der Waals surface area contributed by atoms with Crippen molar-refractivity contribution in [3.8, 4) is 16.9 Å². The average molecular weight is 485 g/mol. The number of hydrogen-bond acceptors (Lipinski definition) is 4. The number of amides is 1. The summed E-state index contributed by atoms with van der Waals surface area (Å²) in [4.78, 5) is 12.2. The molecule has 0 radical (unpaired) electrons. The number of nitrogens with two attached hydrogens (primary N) is 1. The standard InChI is InChI=1S/C27H30ClFN2O3/c1-3-13-31-17-22(18-7-5-4-6-8-18)19-9-11-23(28)21(16-19)25-20(27(30)32)10-12-24(26(25)29)34-15-14-33-2/h4-12,16,22,31H,3,13-15,17H2,1-2H3,(H2,30,32). The van der Waals surface area contributed by atoms with E-state index in [1.807, 2.05) is 30.3 Å². The number of carbonyl (C=O) groups is 1. The van der Waals surface area contributed by atoms with Gasteiger partial charge in [-0.3, -0.25) is 4.79 Å². The molecule has 0 aliphatic carbocycles. The molecule has 0 aliphatic rings. The molecule has 0 saturated heterocycles. The van der Waals surface area contributed by atoms with E-state index in [1.54, 1.807) is 6.07 Å². The number of methoxy groups -OCH3 is 1. The topological polar surface area (TPSA) is 73.6 Å². The van der Waals surface area contributed by atoms with Crippen LogP contribution in [0.5, 0.6) is 5.75 Å². The van der Waals surface area contributed by atoms with E-state index in [9.17, 15) is 4.79 Å². The number of rotatable bonds is 12. The quantitative estimate of drug-likeness (QED) is 0.337. The minimum absolute atomic E-state index is 0.00254. The molecule has 3 aromatic carbocycles. The van der Waals surface area contributed by atoms with Gasteiger partial charge in [-0.1, -0.05) is 54.9 Å². The number of ether oxygens (including phenoxy) is 2. The highest BCUT2D eigenvalue weighted by Crippen LogP contribution is 2.39. The van der Waals surface area contributed by atoms with Gasteiger partial charge in [-0.25, -0.2) is 4.39 Å². The number of hydrogen-bond donors (Lipinski definition) is 2. The van der Waals surface area contributed by atoms with E-state index >= 15 is 4.39 Å². The summed E-state index contributed by atoms with van der Waals surface area (Å²) in [5.74, 6) is -1.43. The van der Waals surface area contributed by atoms with Gasteiger partial charge in [0.05, 0.1) is 12.2 Å². The van der Waals surface area contributed by atoms with Crippen LogP contribution in [-0.4, -0.2) is 39.3 Å². The lowest BCUT2D eigenvalue weighted by atomic mass is 9.88. The largest absolute Gasteiger partial charge is 0.488 e. The molecule has 0 fully saturated rings. The average Bonchev–Trinajstić information content (AvgIpc) is 2.84. The molecule has 1 amide bonds. The third kappa shape index (κ3) is 6.14. The van der Waals surface area contributed by atoms with E-state index in [-0.39, 0.29) is 29.4 Å². The zero-order valence-electron chi connectivity index (χ0n) is 19.4. The van der Waals surface area contributed by atoms with Gasteiger partial charge in [0.2, 0.25) is 5.91 Å². The summed E-state index contributed by atoms with van der Waals surface area (Å²) in [7, 11) is 1.53. The van der Waals surface area contributed by atoms with Crippen molar-refractivity contribution in [2.24, 2.45) is 5.73 Å². The Bertz CT molecular complexity index is 1110. The first-order valence-electron chi connectivity index (χ1n) is 11.3. The molecular weight excluding hydrogens is 455 g/mol. The zero-order valence-corrected chi connectivity index (χ0v) is 20.2. The van der Waals surface area contributed by atoms with Gasteiger partial charge in [-0.15, -0.1) is 0 Å². The molecule has 0 heterocycles. The molecule has 3 aromatic rings. The maximum atomic E-state index is 15.6. The fourth-order valence-corrected chi connectivity index (χ4v) is 4.07. The van der Waals surface area contributed by atoms with Gasteiger partial charge >= 0.3 is 0 Å². The SMILES string of the molecule is CCCNCC(c1ccccc1)c1ccc(Cl)c(-c2c(C(N)=O)ccc(OCCOC)c2F)c1. The van der Waals surface area contributed by atoms with Crippen LogP contribution in [0.4, 0.5) is 4.39 Å². The third-order valence-electron chi connectivity index (χ3n) is 5.56. The van der Waals surface area contributed by atoms with Crippen molar-refractivity contribution in [1.82, 2.24) is 5.32 Å². The van der Waals surface area contributed by atoms with E-state index in [1.165, 1.54) is 19.2 Å². The van der Waals surface area contributed by atoms with Gasteiger partial charge in [-0.05, 0) is 48.4 Å². The lowest BCUT2D eigenvalue weighted by molar-refractivity contribution is 0.1000. The normalized spacial score (nSPS) is 11.9. The van der Waals surface area contributed by atoms with Crippen molar-refractivity contribution in [2.45, 2.75) is 19.3 Å². The minimum Gasteiger partial charge on any atom is -0.488 e. The summed E-state index contributed by atoms with van der Waals surface area (Å²) in [6.45, 7) is 4.15. The summed E-state index contributed by atoms with van der Waals surface area (Å²) in [6.07, 6.45) is 1.01. The zero-order chi connectivity index (χ0) is 24.5. The molecule has 1 atom stereocenters. The molecule has 1 unspecified atom stereocenters. The summed E-state index contributed by atoms with van der Waals surface area (Å²) in [6, 6.07) is 18.4. The Balaban J connectivity index is 2.11. The Labute approximate surface area is 205 Å². The molecule has 0 aliphatic heterocycles. The fraction of sp³-hybridized carbons (Fsp3) is 0.296. The highest BCUT2D eigenvalue weighted by molar-refractivity contribution is 6.33. The Morgan fingerprint density at radius 2 is 1.85 bits per heavy atom. The highest BCUT2D eigenvalue weighted by Gasteiger charge is 2.23. The first kappa shape index (κ1) is 25.7. The van der Waals surface area contributed by atoms with Crippen molar-refractivity contribution in [2.75, 3.05) is 33.4 Å². The first-order valence-corrected chi connectivity index (χ1v) is 11.6. The van der Waals surface area contributed by atoms with Crippen LogP contribution < -0.4 is 15.8 Å². The van der Waals surface area contributed by atoms with Gasteiger partial charge < -0.3 is 20.5 Å². The van der Waals surface area contributed by atoms with E-state index in [0.29, 0.717) is 23.7 Å². The lowest BCUT2D eigenvalue weighted by Crippen LogP contribution is -2.23. The molecule has 180 valence electrons. The second kappa shape index (κ2) is 12.5. The fourth-order valence-electron chi connectivity index (χ4n) is 3.86. The second-order valence-corrected chi connectivity index (χ2v) is 8.32. The number of carbonyl (C=O) groups excluding carboxylic acids is 1. The Morgan fingerprint density at radius 3 is 2.53 bits per heavy atom. The molecule has 7 heteroatoms. The number of benzene rings is 3. The van der Waals surface area contributed by atoms with Gasteiger partial charge in [0.25, 0.3) is 0 Å². The predicted octanol–water partition coefficient (Wildman–Crippen LogP) is 5.40. The monoisotopic (exact) mass is 484 g/mol. The predicted molar refractivity (Wildman–Crippen MR) is 134 cm³/mol. The van der Waals surface area contributed by atoms with Crippen LogP contribution in [0.1, 0.15) is 40.7 Å². The van der Waals surface area contributed by atoms with E-state index in [4.69, 9.17) is 26.8 Å². The maximum Gasteiger partial charge on any atom is 0.249 e. The molecular formula is C27H30ClFN2O3. The maximum absolute atomic E-state index is 15.6. The van der Waals surface area contributed by atoms with Crippen molar-refractivity contribution < 1.29 is 18.7 Å². The molecule has 3 N–H and O–H groups in total. The van der Waals surface area contributed by atoms with Crippen LogP contribution in [-0.2, 0) is 4.74 Å². The van der Waals surface area contributed by atoms with Crippen LogP contribution in [0.3, 0.4) is 0 Å². The Hall–Kier alpha value is -2.93. The third-order valence-corrected chi connectivity index (χ3v) is 5.89. The van der Waals surface area contributed by atoms with E-state index in [2.05, 4.69) is 24.4 Å². The molecule has 0 aromatic heterocycles. The molecule has 5 nitrogen and oxygen atoms in total. The lowest BCUT2D eigenvalue weighted by Gasteiger charge is -2.21. The number of primary amides is 1. The van der Waals surface area contributed by atoms with E-state index < -0.39 is 11.7 Å². The van der Waals surface area contributed by atoms with Crippen LogP contribution in [0.15, 0.2) is 60.7 Å². The highest BCUT2D eigenvalue weighted by atomic mass is 35.5. The van der Waals surface area contributed by atoms with Crippen LogP contribution >= 0.6 is 11.6 Å². The van der Waals surface area contributed by atoms with Crippen LogP contribution in [0, 0.1) is 5.82 Å². The van der Waals surface area contributed by atoms with Crippen molar-refractivity contribution in [3.63, 3.8) is 0 Å².